The number of nitrogens with zero attached hydrogens (tertiary/aromatic N) is 3. The quantitative estimate of drug-likeness (QED) is 0.847. The molecule has 2 aliphatic rings. The molecule has 6 heteroatoms. The molecule has 2 aliphatic heterocycles. The average Bonchev–Trinajstić information content (AvgIpc) is 3.18. The van der Waals surface area contributed by atoms with E-state index in [2.05, 4.69) is 4.90 Å². The van der Waals surface area contributed by atoms with E-state index in [1.54, 1.807) is 22.5 Å². The van der Waals surface area contributed by atoms with Crippen LogP contribution in [0.3, 0.4) is 0 Å². The van der Waals surface area contributed by atoms with Crippen molar-refractivity contribution in [3.8, 4) is 6.07 Å². The molecule has 0 N–H and O–H groups in total. The predicted molar refractivity (Wildman–Crippen MR) is 79.1 cm³/mol. The largest absolute Gasteiger partial charge is 0.299 e. The minimum absolute atomic E-state index is 0.226. The first-order valence-corrected chi connectivity index (χ1v) is 8.79. The lowest BCUT2D eigenvalue weighted by atomic mass is 10.2. The van der Waals surface area contributed by atoms with Crippen molar-refractivity contribution in [2.45, 2.75) is 30.2 Å². The summed E-state index contributed by atoms with van der Waals surface area (Å²) in [4.78, 5) is 2.63. The predicted octanol–water partition coefficient (Wildman–Crippen LogP) is 1.42. The standard InChI is InChI=1S/C15H19N3O2S/c16-11-13-4-3-5-15(10-13)21(19,20)18-9-6-14(12-18)17-7-1-2-8-17/h3-5,10,14H,1-2,6-9,12H2. The Labute approximate surface area is 125 Å². The Morgan fingerprint density at radius 1 is 1.19 bits per heavy atom. The number of rotatable bonds is 3. The van der Waals surface area contributed by atoms with Crippen LogP contribution in [0.5, 0.6) is 0 Å². The zero-order valence-electron chi connectivity index (χ0n) is 11.9. The van der Waals surface area contributed by atoms with Gasteiger partial charge in [-0.25, -0.2) is 8.42 Å². The second-order valence-corrected chi connectivity index (χ2v) is 7.63. The van der Waals surface area contributed by atoms with Crippen LogP contribution in [0.1, 0.15) is 24.8 Å². The molecule has 2 heterocycles. The highest BCUT2D eigenvalue weighted by molar-refractivity contribution is 7.89. The number of benzene rings is 1. The van der Waals surface area contributed by atoms with Crippen molar-refractivity contribution >= 4 is 10.0 Å². The second-order valence-electron chi connectivity index (χ2n) is 5.69. The highest BCUT2D eigenvalue weighted by Crippen LogP contribution is 2.26. The van der Waals surface area contributed by atoms with Gasteiger partial charge in [0.25, 0.3) is 0 Å². The Hall–Kier alpha value is -1.42. The molecular formula is C15H19N3O2S. The van der Waals surface area contributed by atoms with E-state index < -0.39 is 10.0 Å². The van der Waals surface area contributed by atoms with Gasteiger partial charge >= 0.3 is 0 Å². The van der Waals surface area contributed by atoms with E-state index in [1.165, 1.54) is 18.9 Å². The van der Waals surface area contributed by atoms with Gasteiger partial charge in [-0.05, 0) is 50.6 Å². The molecule has 0 bridgehead atoms. The van der Waals surface area contributed by atoms with Crippen LogP contribution in [-0.2, 0) is 10.0 Å². The summed E-state index contributed by atoms with van der Waals surface area (Å²) in [6, 6.07) is 8.61. The smallest absolute Gasteiger partial charge is 0.243 e. The zero-order valence-corrected chi connectivity index (χ0v) is 12.7. The molecule has 5 nitrogen and oxygen atoms in total. The van der Waals surface area contributed by atoms with Crippen LogP contribution < -0.4 is 0 Å². The van der Waals surface area contributed by atoms with Crippen LogP contribution >= 0.6 is 0 Å². The lowest BCUT2D eigenvalue weighted by molar-refractivity contribution is 0.251. The van der Waals surface area contributed by atoms with Crippen molar-refractivity contribution in [3.63, 3.8) is 0 Å². The highest BCUT2D eigenvalue weighted by atomic mass is 32.2. The van der Waals surface area contributed by atoms with E-state index in [9.17, 15) is 8.42 Å². The monoisotopic (exact) mass is 305 g/mol. The summed E-state index contributed by atoms with van der Waals surface area (Å²) < 4.78 is 26.9. The first kappa shape index (κ1) is 14.5. The van der Waals surface area contributed by atoms with Gasteiger partial charge in [-0.1, -0.05) is 6.07 Å². The van der Waals surface area contributed by atoms with E-state index in [4.69, 9.17) is 5.26 Å². The Balaban J connectivity index is 1.78. The molecule has 3 rings (SSSR count). The van der Waals surface area contributed by atoms with Gasteiger partial charge in [-0.3, -0.25) is 4.90 Å². The minimum atomic E-state index is -3.48. The Morgan fingerprint density at radius 3 is 2.67 bits per heavy atom. The normalized spacial score (nSPS) is 24.2. The second kappa shape index (κ2) is 5.76. The number of nitriles is 1. The van der Waals surface area contributed by atoms with Crippen LogP contribution in [0.25, 0.3) is 0 Å². The van der Waals surface area contributed by atoms with Gasteiger partial charge in [0.15, 0.2) is 0 Å². The summed E-state index contributed by atoms with van der Waals surface area (Å²) >= 11 is 0. The van der Waals surface area contributed by atoms with Crippen LogP contribution in [0.2, 0.25) is 0 Å². The molecule has 0 aromatic heterocycles. The van der Waals surface area contributed by atoms with Crippen molar-refractivity contribution in [3.05, 3.63) is 29.8 Å². The van der Waals surface area contributed by atoms with E-state index in [-0.39, 0.29) is 4.90 Å². The average molecular weight is 305 g/mol. The van der Waals surface area contributed by atoms with E-state index in [1.807, 2.05) is 6.07 Å². The molecule has 0 aliphatic carbocycles. The molecule has 1 aromatic carbocycles. The maximum Gasteiger partial charge on any atom is 0.243 e. The number of likely N-dealkylation sites (tertiary alicyclic amines) is 1. The summed E-state index contributed by atoms with van der Waals surface area (Å²) in [5.41, 5.74) is 0.381. The molecule has 1 unspecified atom stereocenters. The van der Waals surface area contributed by atoms with Gasteiger partial charge in [0, 0.05) is 19.1 Å². The summed E-state index contributed by atoms with van der Waals surface area (Å²) in [5.74, 6) is 0. The number of sulfonamides is 1. The zero-order chi connectivity index (χ0) is 14.9. The molecule has 0 spiro atoms. The van der Waals surface area contributed by atoms with Gasteiger partial charge in [0.2, 0.25) is 10.0 Å². The van der Waals surface area contributed by atoms with Crippen LogP contribution in [0.4, 0.5) is 0 Å². The third-order valence-corrected chi connectivity index (χ3v) is 6.25. The van der Waals surface area contributed by atoms with Crippen molar-refractivity contribution < 1.29 is 8.42 Å². The lowest BCUT2D eigenvalue weighted by Gasteiger charge is -2.23. The fourth-order valence-corrected chi connectivity index (χ4v) is 4.75. The molecule has 112 valence electrons. The van der Waals surface area contributed by atoms with E-state index in [0.29, 0.717) is 24.7 Å². The van der Waals surface area contributed by atoms with Crippen molar-refractivity contribution in [1.29, 1.82) is 5.26 Å². The van der Waals surface area contributed by atoms with Gasteiger partial charge in [0.1, 0.15) is 0 Å². The van der Waals surface area contributed by atoms with Gasteiger partial charge < -0.3 is 0 Å². The number of hydrogen-bond donors (Lipinski definition) is 0. The molecule has 0 saturated carbocycles. The molecule has 1 aromatic rings. The Bertz CT molecular complexity index is 660. The van der Waals surface area contributed by atoms with E-state index in [0.717, 1.165) is 19.5 Å². The van der Waals surface area contributed by atoms with Gasteiger partial charge in [-0.15, -0.1) is 0 Å². The summed E-state index contributed by atoms with van der Waals surface area (Å²) in [6.07, 6.45) is 3.33. The van der Waals surface area contributed by atoms with Crippen LogP contribution in [0.15, 0.2) is 29.2 Å². The molecule has 2 fully saturated rings. The number of hydrogen-bond acceptors (Lipinski definition) is 4. The van der Waals surface area contributed by atoms with Crippen molar-refractivity contribution in [2.24, 2.45) is 0 Å². The summed E-state index contributed by atoms with van der Waals surface area (Å²) in [7, 11) is -3.48. The van der Waals surface area contributed by atoms with Crippen molar-refractivity contribution in [1.82, 2.24) is 9.21 Å². The fourth-order valence-electron chi connectivity index (χ4n) is 3.21. The molecule has 1 atom stereocenters. The topological polar surface area (TPSA) is 64.4 Å². The maximum atomic E-state index is 12.7. The molecular weight excluding hydrogens is 286 g/mol. The van der Waals surface area contributed by atoms with Crippen LogP contribution in [-0.4, -0.2) is 49.8 Å². The molecule has 21 heavy (non-hydrogen) atoms. The SMILES string of the molecule is N#Cc1cccc(S(=O)(=O)N2CCC(N3CCCC3)C2)c1. The highest BCUT2D eigenvalue weighted by Gasteiger charge is 2.35. The summed E-state index contributed by atoms with van der Waals surface area (Å²) in [6.45, 7) is 3.31. The van der Waals surface area contributed by atoms with Gasteiger partial charge in [0.05, 0.1) is 16.5 Å². The lowest BCUT2D eigenvalue weighted by Crippen LogP contribution is -2.37. The first-order valence-electron chi connectivity index (χ1n) is 7.35. The van der Waals surface area contributed by atoms with Gasteiger partial charge in [-0.2, -0.15) is 9.57 Å². The molecule has 0 radical (unpaired) electrons. The third kappa shape index (κ3) is 2.82. The Kier molecular flexibility index (Phi) is 3.98. The Morgan fingerprint density at radius 2 is 1.95 bits per heavy atom. The fraction of sp³-hybridized carbons (Fsp3) is 0.533. The van der Waals surface area contributed by atoms with Crippen LogP contribution in [0, 0.1) is 11.3 Å². The third-order valence-electron chi connectivity index (χ3n) is 4.38. The minimum Gasteiger partial charge on any atom is -0.299 e. The molecule has 0 amide bonds. The first-order chi connectivity index (χ1) is 10.1. The summed E-state index contributed by atoms with van der Waals surface area (Å²) in [5, 5.41) is 8.91. The van der Waals surface area contributed by atoms with E-state index >= 15 is 0 Å². The van der Waals surface area contributed by atoms with Crippen molar-refractivity contribution in [2.75, 3.05) is 26.2 Å². The molecule has 2 saturated heterocycles. The maximum absolute atomic E-state index is 12.7.